The summed E-state index contributed by atoms with van der Waals surface area (Å²) in [6.45, 7) is 0. The molecule has 0 bridgehead atoms. The second kappa shape index (κ2) is 7.71. The largest absolute Gasteiger partial charge is 0.744 e. The molecule has 0 aliphatic heterocycles. The van der Waals surface area contributed by atoms with Gasteiger partial charge in [-0.2, -0.15) is 5.10 Å². The van der Waals surface area contributed by atoms with Gasteiger partial charge in [-0.3, -0.25) is 5.43 Å². The normalized spacial score (nSPS) is 12.1. The Labute approximate surface area is 153 Å². The molecule has 0 aromatic heterocycles. The Morgan fingerprint density at radius 3 is 2.37 bits per heavy atom. The lowest BCUT2D eigenvalue weighted by atomic mass is 10.2. The highest BCUT2D eigenvalue weighted by molar-refractivity contribution is 7.85. The first-order valence-corrected chi connectivity index (χ1v) is 9.58. The van der Waals surface area contributed by atoms with Gasteiger partial charge >= 0.3 is 5.97 Å². The van der Waals surface area contributed by atoms with Gasteiger partial charge in [-0.25, -0.2) is 21.6 Å². The first kappa shape index (κ1) is 20.3. The first-order valence-electron chi connectivity index (χ1n) is 6.84. The topological polar surface area (TPSA) is 185 Å². The van der Waals surface area contributed by atoms with E-state index in [1.807, 2.05) is 0 Å². The number of rotatable bonds is 7. The minimum Gasteiger partial charge on any atom is -0.744 e. The zero-order valence-electron chi connectivity index (χ0n) is 13.1. The van der Waals surface area contributed by atoms with Crippen molar-refractivity contribution in [3.63, 3.8) is 0 Å². The average Bonchev–Trinajstić information content (AvgIpc) is 2.54. The molecule has 2 N–H and O–H groups in total. The Bertz CT molecular complexity index is 1110. The summed E-state index contributed by atoms with van der Waals surface area (Å²) >= 11 is 0. The van der Waals surface area contributed by atoms with Crippen LogP contribution in [0, 0.1) is 0 Å². The third-order valence-corrected chi connectivity index (χ3v) is 4.30. The summed E-state index contributed by atoms with van der Waals surface area (Å²) in [5.41, 5.74) is 1.70. The monoisotopic (exact) mass is 414 g/mol. The Morgan fingerprint density at radius 2 is 1.78 bits per heavy atom. The van der Waals surface area contributed by atoms with Gasteiger partial charge in [0, 0.05) is 5.56 Å². The number of carboxylic acid groups (broad SMARTS) is 1. The van der Waals surface area contributed by atoms with E-state index < -0.39 is 42.7 Å². The lowest BCUT2D eigenvalue weighted by molar-refractivity contribution is 0.0697. The summed E-state index contributed by atoms with van der Waals surface area (Å²) in [4.78, 5) is 10.7. The number of nitrogens with one attached hydrogen (secondary N) is 1. The maximum Gasteiger partial charge on any atom is 0.338 e. The number of aromatic carboxylic acids is 1. The molecule has 0 aliphatic carbocycles. The minimum atomic E-state index is -5.08. The third-order valence-electron chi connectivity index (χ3n) is 3.00. The molecule has 0 spiro atoms. The van der Waals surface area contributed by atoms with Crippen molar-refractivity contribution in [2.75, 3.05) is 5.43 Å². The third kappa shape index (κ3) is 5.75. The summed E-state index contributed by atoms with van der Waals surface area (Å²) in [7, 11) is -9.82. The molecule has 11 nitrogen and oxygen atoms in total. The smallest absolute Gasteiger partial charge is 0.338 e. The lowest BCUT2D eigenvalue weighted by Gasteiger charge is -2.12. The molecule has 144 valence electrons. The van der Waals surface area contributed by atoms with Crippen molar-refractivity contribution in [3.8, 4) is 5.75 Å². The molecule has 0 amide bonds. The highest BCUT2D eigenvalue weighted by Gasteiger charge is 2.13. The summed E-state index contributed by atoms with van der Waals surface area (Å²) in [5.74, 6) is -2.00. The zero-order valence-corrected chi connectivity index (χ0v) is 14.7. The zero-order chi connectivity index (χ0) is 20.2. The van der Waals surface area contributed by atoms with Gasteiger partial charge in [-0.1, -0.05) is 18.2 Å². The summed E-state index contributed by atoms with van der Waals surface area (Å²) in [6, 6.07) is 8.08. The molecule has 13 heteroatoms. The fraction of sp³-hybridized carbons (Fsp3) is 0. The van der Waals surface area contributed by atoms with Crippen LogP contribution in [0.2, 0.25) is 0 Å². The molecule has 0 atom stereocenters. The van der Waals surface area contributed by atoms with E-state index in [4.69, 9.17) is 5.11 Å². The second-order valence-electron chi connectivity index (χ2n) is 4.87. The highest BCUT2D eigenvalue weighted by Crippen LogP contribution is 2.23. The van der Waals surface area contributed by atoms with E-state index >= 15 is 0 Å². The van der Waals surface area contributed by atoms with Crippen molar-refractivity contribution < 1.29 is 40.0 Å². The molecule has 2 aromatic rings. The van der Waals surface area contributed by atoms with Gasteiger partial charge in [-0.05, 0) is 24.3 Å². The molecule has 0 radical (unpaired) electrons. The number of anilines is 1. The summed E-state index contributed by atoms with van der Waals surface area (Å²) in [6.07, 6.45) is 0.989. The van der Waals surface area contributed by atoms with Crippen LogP contribution in [-0.2, 0) is 20.5 Å². The molecular weight excluding hydrogens is 404 g/mol. The van der Waals surface area contributed by atoms with Crippen LogP contribution in [0.5, 0.6) is 5.75 Å². The molecule has 0 unspecified atom stereocenters. The van der Waals surface area contributed by atoms with Crippen LogP contribution in [0.4, 0.5) is 5.69 Å². The molecule has 2 aromatic carbocycles. The number of hydrogen-bond donors (Lipinski definition) is 2. The second-order valence-corrected chi connectivity index (χ2v) is 7.20. The van der Waals surface area contributed by atoms with Crippen molar-refractivity contribution >= 4 is 38.4 Å². The number of hydrazone groups is 1. The van der Waals surface area contributed by atoms with E-state index in [-0.39, 0.29) is 11.3 Å². The van der Waals surface area contributed by atoms with E-state index in [1.54, 1.807) is 0 Å². The molecule has 0 aliphatic rings. The van der Waals surface area contributed by atoms with Crippen molar-refractivity contribution in [1.29, 1.82) is 0 Å². The standard InChI is InChI=1S/C14H12N2O9S2/c17-14(18)11-7-10(25-27(22,23)24)5-6-12(11)16-15-8-9-3-1-2-4-13(9)26(19,20)21/h1-8,16H,(H,17,18)(H,19,20,21)(H,22,23,24)/p-2/b15-8+. The van der Waals surface area contributed by atoms with Crippen LogP contribution in [0.1, 0.15) is 15.9 Å². The van der Waals surface area contributed by atoms with Crippen molar-refractivity contribution in [2.45, 2.75) is 4.90 Å². The predicted molar refractivity (Wildman–Crippen MR) is 89.3 cm³/mol. The van der Waals surface area contributed by atoms with E-state index in [1.165, 1.54) is 18.2 Å². The number of nitrogens with zero attached hydrogens (tertiary/aromatic N) is 1. The van der Waals surface area contributed by atoms with Crippen molar-refractivity contribution in [2.24, 2.45) is 5.10 Å². The molecule has 0 saturated carbocycles. The Morgan fingerprint density at radius 1 is 1.11 bits per heavy atom. The molecule has 0 saturated heterocycles. The molecular formula is C14H10N2O9S2-2. The van der Waals surface area contributed by atoms with Crippen molar-refractivity contribution in [3.05, 3.63) is 53.6 Å². The van der Waals surface area contributed by atoms with Gasteiger partial charge in [0.05, 0.1) is 22.4 Å². The van der Waals surface area contributed by atoms with Crippen LogP contribution in [0.3, 0.4) is 0 Å². The fourth-order valence-electron chi connectivity index (χ4n) is 1.95. The van der Waals surface area contributed by atoms with Gasteiger partial charge in [-0.15, -0.1) is 0 Å². The van der Waals surface area contributed by atoms with Gasteiger partial charge in [0.2, 0.25) is 0 Å². The van der Waals surface area contributed by atoms with Crippen LogP contribution < -0.4 is 9.61 Å². The molecule has 0 heterocycles. The molecule has 2 rings (SSSR count). The van der Waals surface area contributed by atoms with E-state index in [2.05, 4.69) is 14.7 Å². The van der Waals surface area contributed by atoms with Crippen molar-refractivity contribution in [1.82, 2.24) is 0 Å². The van der Waals surface area contributed by atoms with Crippen LogP contribution in [0.15, 0.2) is 52.5 Å². The van der Waals surface area contributed by atoms with E-state index in [0.29, 0.717) is 0 Å². The van der Waals surface area contributed by atoms with Gasteiger partial charge in [0.15, 0.2) is 0 Å². The Kier molecular flexibility index (Phi) is 5.80. The van der Waals surface area contributed by atoms with Gasteiger partial charge in [0.1, 0.15) is 15.9 Å². The van der Waals surface area contributed by atoms with E-state index in [9.17, 15) is 30.7 Å². The maximum absolute atomic E-state index is 11.3. The predicted octanol–water partition coefficient (Wildman–Crippen LogP) is 0.574. The number of hydrogen-bond acceptors (Lipinski definition) is 10. The highest BCUT2D eigenvalue weighted by atomic mass is 32.3. The summed E-state index contributed by atoms with van der Waals surface area (Å²) in [5, 5.41) is 12.8. The average molecular weight is 414 g/mol. The SMILES string of the molecule is O=C(O)c1cc(OS(=O)(=O)[O-])ccc1N/N=C/c1ccccc1S(=O)(=O)[O-]. The number of carboxylic acids is 1. The first-order chi connectivity index (χ1) is 12.5. The van der Waals surface area contributed by atoms with E-state index in [0.717, 1.165) is 30.5 Å². The van der Waals surface area contributed by atoms with Gasteiger partial charge in [0.25, 0.3) is 10.4 Å². The van der Waals surface area contributed by atoms with Gasteiger partial charge < -0.3 is 18.4 Å². The van der Waals surface area contributed by atoms with Crippen LogP contribution in [0.25, 0.3) is 0 Å². The lowest BCUT2D eigenvalue weighted by Crippen LogP contribution is -2.09. The fourth-order valence-corrected chi connectivity index (χ4v) is 2.95. The summed E-state index contributed by atoms with van der Waals surface area (Å²) < 4.78 is 69.3. The maximum atomic E-state index is 11.3. The quantitative estimate of drug-likeness (QED) is 0.281. The number of carbonyl (C=O) groups is 1. The Hall–Kier alpha value is -3.00. The van der Waals surface area contributed by atoms with Crippen LogP contribution in [-0.4, -0.2) is 43.2 Å². The molecule has 0 fully saturated rings. The molecule has 27 heavy (non-hydrogen) atoms. The van der Waals surface area contributed by atoms with Crippen LogP contribution >= 0.6 is 0 Å². The Balaban J connectivity index is 2.31. The minimum absolute atomic E-state index is 0.0331. The number of benzene rings is 2.